The molecule has 20 heavy (non-hydrogen) atoms. The number of hydrogen-bond acceptors (Lipinski definition) is 3. The Morgan fingerprint density at radius 1 is 1.00 bits per heavy atom. The van der Waals surface area contributed by atoms with Crippen molar-refractivity contribution in [3.05, 3.63) is 48.4 Å². The van der Waals surface area contributed by atoms with Gasteiger partial charge in [-0.05, 0) is 37.1 Å². The third-order valence-electron chi connectivity index (χ3n) is 3.13. The van der Waals surface area contributed by atoms with Gasteiger partial charge < -0.3 is 15.1 Å². The maximum absolute atomic E-state index is 11.9. The molecular formula is C15H14N2O3. The summed E-state index contributed by atoms with van der Waals surface area (Å²) < 4.78 is 5.04. The molecule has 0 atom stereocenters. The molecule has 1 fully saturated rings. The molecule has 0 radical (unpaired) electrons. The molecule has 102 valence electrons. The number of benzene rings is 1. The number of hydrogen-bond donors (Lipinski definition) is 2. The predicted octanol–water partition coefficient (Wildman–Crippen LogP) is 2.88. The summed E-state index contributed by atoms with van der Waals surface area (Å²) in [4.78, 5) is 23.7. The first kappa shape index (κ1) is 12.5. The molecule has 1 heterocycles. The summed E-state index contributed by atoms with van der Waals surface area (Å²) in [5, 5.41) is 5.57. The summed E-state index contributed by atoms with van der Waals surface area (Å²) in [7, 11) is 0. The Morgan fingerprint density at radius 3 is 2.30 bits per heavy atom. The quantitative estimate of drug-likeness (QED) is 0.897. The zero-order valence-electron chi connectivity index (χ0n) is 10.8. The van der Waals surface area contributed by atoms with Gasteiger partial charge in [0, 0.05) is 5.92 Å². The van der Waals surface area contributed by atoms with E-state index in [1.54, 1.807) is 30.3 Å². The summed E-state index contributed by atoms with van der Waals surface area (Å²) in [5.41, 5.74) is 1.16. The Morgan fingerprint density at radius 2 is 1.70 bits per heavy atom. The van der Waals surface area contributed by atoms with Crippen LogP contribution in [-0.2, 0) is 4.79 Å². The highest BCUT2D eigenvalue weighted by atomic mass is 16.3. The molecule has 2 N–H and O–H groups in total. The minimum atomic E-state index is -0.344. The predicted molar refractivity (Wildman–Crippen MR) is 74.5 cm³/mol. The largest absolute Gasteiger partial charge is 0.459 e. The van der Waals surface area contributed by atoms with Crippen LogP contribution in [0.15, 0.2) is 47.1 Å². The van der Waals surface area contributed by atoms with Crippen LogP contribution in [-0.4, -0.2) is 11.8 Å². The van der Waals surface area contributed by atoms with Crippen molar-refractivity contribution in [2.45, 2.75) is 12.8 Å². The van der Waals surface area contributed by atoms with E-state index >= 15 is 0 Å². The van der Waals surface area contributed by atoms with E-state index in [2.05, 4.69) is 10.6 Å². The number of para-hydroxylation sites is 2. The second-order valence-corrected chi connectivity index (χ2v) is 4.74. The van der Waals surface area contributed by atoms with Gasteiger partial charge in [0.25, 0.3) is 5.91 Å². The van der Waals surface area contributed by atoms with Gasteiger partial charge >= 0.3 is 0 Å². The maximum Gasteiger partial charge on any atom is 0.291 e. The molecule has 2 aromatic rings. The van der Waals surface area contributed by atoms with Crippen LogP contribution in [0.3, 0.4) is 0 Å². The van der Waals surface area contributed by atoms with E-state index in [4.69, 9.17) is 4.42 Å². The summed E-state index contributed by atoms with van der Waals surface area (Å²) >= 11 is 0. The lowest BCUT2D eigenvalue weighted by Gasteiger charge is -2.11. The average molecular weight is 270 g/mol. The van der Waals surface area contributed by atoms with Crippen LogP contribution in [0, 0.1) is 5.92 Å². The van der Waals surface area contributed by atoms with Crippen LogP contribution < -0.4 is 10.6 Å². The van der Waals surface area contributed by atoms with Gasteiger partial charge in [0.15, 0.2) is 5.76 Å². The first-order valence-corrected chi connectivity index (χ1v) is 6.49. The van der Waals surface area contributed by atoms with Gasteiger partial charge in [0.2, 0.25) is 5.91 Å². The molecule has 2 amide bonds. The molecule has 1 aliphatic carbocycles. The normalized spacial score (nSPS) is 13.8. The maximum atomic E-state index is 11.9. The summed E-state index contributed by atoms with van der Waals surface area (Å²) in [5.74, 6) is 0.00460. The first-order chi connectivity index (χ1) is 9.74. The molecule has 1 saturated carbocycles. The molecular weight excluding hydrogens is 256 g/mol. The molecule has 0 unspecified atom stereocenters. The van der Waals surface area contributed by atoms with E-state index in [1.165, 1.54) is 6.26 Å². The zero-order chi connectivity index (χ0) is 13.9. The van der Waals surface area contributed by atoms with Gasteiger partial charge in [-0.25, -0.2) is 0 Å². The van der Waals surface area contributed by atoms with E-state index in [0.29, 0.717) is 11.4 Å². The number of nitrogens with one attached hydrogen (secondary N) is 2. The third kappa shape index (κ3) is 2.71. The highest BCUT2D eigenvalue weighted by Crippen LogP contribution is 2.31. The van der Waals surface area contributed by atoms with E-state index < -0.39 is 0 Å². The molecule has 0 saturated heterocycles. The lowest BCUT2D eigenvalue weighted by molar-refractivity contribution is -0.117. The number of furan rings is 1. The fourth-order valence-corrected chi connectivity index (χ4v) is 1.87. The Balaban J connectivity index is 1.75. The van der Waals surface area contributed by atoms with Crippen molar-refractivity contribution in [1.82, 2.24) is 0 Å². The van der Waals surface area contributed by atoms with Crippen LogP contribution in [0.1, 0.15) is 23.4 Å². The molecule has 5 nitrogen and oxygen atoms in total. The van der Waals surface area contributed by atoms with Crippen LogP contribution in [0.4, 0.5) is 11.4 Å². The molecule has 5 heteroatoms. The number of anilines is 2. The third-order valence-corrected chi connectivity index (χ3v) is 3.13. The van der Waals surface area contributed by atoms with Gasteiger partial charge in [-0.3, -0.25) is 9.59 Å². The van der Waals surface area contributed by atoms with Crippen molar-refractivity contribution in [2.24, 2.45) is 5.92 Å². The van der Waals surface area contributed by atoms with Gasteiger partial charge in [0.05, 0.1) is 17.6 Å². The van der Waals surface area contributed by atoms with Gasteiger partial charge in [-0.2, -0.15) is 0 Å². The summed E-state index contributed by atoms with van der Waals surface area (Å²) in [6.07, 6.45) is 3.31. The lowest BCUT2D eigenvalue weighted by atomic mass is 10.2. The van der Waals surface area contributed by atoms with E-state index in [9.17, 15) is 9.59 Å². The molecule has 1 aromatic heterocycles. The smallest absolute Gasteiger partial charge is 0.291 e. The van der Waals surface area contributed by atoms with Crippen molar-refractivity contribution < 1.29 is 14.0 Å². The highest BCUT2D eigenvalue weighted by molar-refractivity contribution is 6.06. The minimum absolute atomic E-state index is 0.00435. The number of carbonyl (C=O) groups excluding carboxylic acids is 2. The second kappa shape index (κ2) is 5.21. The fraction of sp³-hybridized carbons (Fsp3) is 0.200. The highest BCUT2D eigenvalue weighted by Gasteiger charge is 2.30. The molecule has 1 aliphatic rings. The number of amides is 2. The number of carbonyl (C=O) groups is 2. The average Bonchev–Trinajstić information content (AvgIpc) is 3.16. The van der Waals surface area contributed by atoms with Gasteiger partial charge in [-0.1, -0.05) is 12.1 Å². The number of rotatable bonds is 4. The Kier molecular flexibility index (Phi) is 3.25. The summed E-state index contributed by atoms with van der Waals surface area (Å²) in [6.45, 7) is 0. The van der Waals surface area contributed by atoms with Crippen LogP contribution in [0.25, 0.3) is 0 Å². The van der Waals surface area contributed by atoms with Crippen LogP contribution >= 0.6 is 0 Å². The fourth-order valence-electron chi connectivity index (χ4n) is 1.87. The monoisotopic (exact) mass is 270 g/mol. The van der Waals surface area contributed by atoms with Crippen molar-refractivity contribution in [1.29, 1.82) is 0 Å². The topological polar surface area (TPSA) is 71.3 Å². The van der Waals surface area contributed by atoms with Crippen molar-refractivity contribution in [3.8, 4) is 0 Å². The first-order valence-electron chi connectivity index (χ1n) is 6.49. The molecule has 0 spiro atoms. The molecule has 1 aromatic carbocycles. The van der Waals surface area contributed by atoms with E-state index in [-0.39, 0.29) is 23.5 Å². The SMILES string of the molecule is O=C(Nc1ccccc1NC(=O)C1CC1)c1ccco1. The summed E-state index contributed by atoms with van der Waals surface area (Å²) in [6, 6.07) is 10.3. The van der Waals surface area contributed by atoms with Gasteiger partial charge in [-0.15, -0.1) is 0 Å². The van der Waals surface area contributed by atoms with E-state index in [0.717, 1.165) is 12.8 Å². The Labute approximate surface area is 116 Å². The van der Waals surface area contributed by atoms with Crippen molar-refractivity contribution >= 4 is 23.2 Å². The van der Waals surface area contributed by atoms with Gasteiger partial charge in [0.1, 0.15) is 0 Å². The molecule has 0 aliphatic heterocycles. The van der Waals surface area contributed by atoms with E-state index in [1.807, 2.05) is 6.07 Å². The van der Waals surface area contributed by atoms with Crippen LogP contribution in [0.5, 0.6) is 0 Å². The molecule has 3 rings (SSSR count). The zero-order valence-corrected chi connectivity index (χ0v) is 10.8. The minimum Gasteiger partial charge on any atom is -0.459 e. The second-order valence-electron chi connectivity index (χ2n) is 4.74. The Bertz CT molecular complexity index is 630. The van der Waals surface area contributed by atoms with Crippen LogP contribution in [0.2, 0.25) is 0 Å². The van der Waals surface area contributed by atoms with Crippen molar-refractivity contribution in [2.75, 3.05) is 10.6 Å². The standard InChI is InChI=1S/C15H14N2O3/c18-14(10-7-8-10)16-11-4-1-2-5-12(11)17-15(19)13-6-3-9-20-13/h1-6,9-10H,7-8H2,(H,16,18)(H,17,19). The molecule has 0 bridgehead atoms. The Hall–Kier alpha value is -2.56. The van der Waals surface area contributed by atoms with Crippen molar-refractivity contribution in [3.63, 3.8) is 0 Å². The lowest BCUT2D eigenvalue weighted by Crippen LogP contribution is -2.17.